The molecular weight excluding hydrogens is 170 g/mol. The van der Waals surface area contributed by atoms with Crippen LogP contribution in [0.2, 0.25) is 0 Å². The molecule has 5 N–H and O–H groups in total. The van der Waals surface area contributed by atoms with E-state index in [0.29, 0.717) is 6.42 Å². The van der Waals surface area contributed by atoms with E-state index >= 15 is 0 Å². The Morgan fingerprint density at radius 2 is 2.09 bits per heavy atom. The van der Waals surface area contributed by atoms with Crippen molar-refractivity contribution in [3.05, 3.63) is 0 Å². The fraction of sp³-hybridized carbons (Fsp3) is 0.833. The van der Waals surface area contributed by atoms with E-state index in [-0.39, 0.29) is 12.4 Å². The molecule has 0 spiro atoms. The minimum Gasteiger partial charge on any atom is -1.00 e. The van der Waals surface area contributed by atoms with Crippen molar-refractivity contribution in [1.29, 1.82) is 0 Å². The van der Waals surface area contributed by atoms with Crippen LogP contribution in [0.25, 0.3) is 0 Å². The summed E-state index contributed by atoms with van der Waals surface area (Å²) in [7, 11) is 0. The average Bonchev–Trinajstić information content (AvgIpc) is 1.88. The lowest BCUT2D eigenvalue weighted by Crippen LogP contribution is -3.00. The topological polar surface area (TPSA) is 85.2 Å². The third-order valence-corrected chi connectivity index (χ3v) is 1.48. The van der Waals surface area contributed by atoms with Gasteiger partial charge < -0.3 is 28.4 Å². The lowest BCUT2D eigenvalue weighted by atomic mass is 9.97. The molecule has 0 unspecified atom stereocenters. The minimum atomic E-state index is -1.19. The fourth-order valence-electron chi connectivity index (χ4n) is 0.732. The third-order valence-electron chi connectivity index (χ3n) is 1.48. The van der Waals surface area contributed by atoms with Crippen LogP contribution in [0.4, 0.5) is 0 Å². The van der Waals surface area contributed by atoms with Crippen molar-refractivity contribution < 1.29 is 33.1 Å². The summed E-state index contributed by atoms with van der Waals surface area (Å²) in [6.45, 7) is 1.47. The average molecular weight is 184 g/mol. The Labute approximate surface area is 71.8 Å². The van der Waals surface area contributed by atoms with E-state index in [1.54, 1.807) is 0 Å². The van der Waals surface area contributed by atoms with Crippen LogP contribution in [0.1, 0.15) is 19.8 Å². The Hall–Kier alpha value is -0.320. The molecule has 0 saturated carbocycles. The number of carbonyl (C=O) groups is 1. The van der Waals surface area contributed by atoms with Crippen LogP contribution in [0, 0.1) is 0 Å². The van der Waals surface area contributed by atoms with Gasteiger partial charge in [-0.25, -0.2) is 4.79 Å². The van der Waals surface area contributed by atoms with Gasteiger partial charge in [0.05, 0.1) is 0 Å². The number of quaternary nitrogens is 1. The summed E-state index contributed by atoms with van der Waals surface area (Å²) in [5, 5.41) is 17.2. The number of aliphatic hydroxyl groups is 1. The first-order valence-electron chi connectivity index (χ1n) is 3.26. The Morgan fingerprint density at radius 3 is 2.18 bits per heavy atom. The standard InChI is InChI=1S/C6H13NO3.ClH/c1-2-3-6(7,4-8)5(9)10;/h8H,2-4,7H2,1H3,(H,9,10);1H/t6-;/m0./s1. The maximum atomic E-state index is 10.4. The van der Waals surface area contributed by atoms with Gasteiger partial charge in [0.1, 0.15) is 6.61 Å². The zero-order chi connectivity index (χ0) is 8.20. The van der Waals surface area contributed by atoms with Crippen molar-refractivity contribution in [2.75, 3.05) is 6.61 Å². The van der Waals surface area contributed by atoms with Crippen molar-refractivity contribution in [3.8, 4) is 0 Å². The Morgan fingerprint density at radius 1 is 1.64 bits per heavy atom. The number of aliphatic carboxylic acids is 1. The van der Waals surface area contributed by atoms with Crippen LogP contribution in [-0.4, -0.2) is 28.3 Å². The lowest BCUT2D eigenvalue weighted by molar-refractivity contribution is -0.469. The van der Waals surface area contributed by atoms with Crippen LogP contribution in [0.15, 0.2) is 0 Å². The molecule has 0 heterocycles. The molecule has 0 saturated heterocycles. The summed E-state index contributed by atoms with van der Waals surface area (Å²) in [5.74, 6) is -1.03. The fourth-order valence-corrected chi connectivity index (χ4v) is 0.732. The molecule has 0 radical (unpaired) electrons. The van der Waals surface area contributed by atoms with Crippen molar-refractivity contribution in [1.82, 2.24) is 0 Å². The first-order chi connectivity index (χ1) is 4.56. The van der Waals surface area contributed by atoms with Crippen LogP contribution < -0.4 is 18.1 Å². The molecule has 11 heavy (non-hydrogen) atoms. The van der Waals surface area contributed by atoms with E-state index in [4.69, 9.17) is 10.2 Å². The number of rotatable bonds is 4. The summed E-state index contributed by atoms with van der Waals surface area (Å²) in [5.41, 5.74) is 2.24. The zero-order valence-corrected chi connectivity index (χ0v) is 7.26. The molecule has 68 valence electrons. The largest absolute Gasteiger partial charge is 1.00 e. The first-order valence-corrected chi connectivity index (χ1v) is 3.26. The van der Waals surface area contributed by atoms with Gasteiger partial charge in [0.15, 0.2) is 0 Å². The van der Waals surface area contributed by atoms with Crippen molar-refractivity contribution in [2.24, 2.45) is 0 Å². The molecule has 0 amide bonds. The first kappa shape index (κ1) is 13.3. The number of aliphatic hydroxyl groups excluding tert-OH is 1. The van der Waals surface area contributed by atoms with Gasteiger partial charge >= 0.3 is 5.97 Å². The van der Waals surface area contributed by atoms with E-state index in [1.165, 1.54) is 0 Å². The lowest BCUT2D eigenvalue weighted by Gasteiger charge is -2.16. The zero-order valence-electron chi connectivity index (χ0n) is 6.51. The van der Waals surface area contributed by atoms with Gasteiger partial charge in [-0.1, -0.05) is 6.92 Å². The molecule has 0 bridgehead atoms. The molecular formula is C6H14ClNO3. The molecule has 0 aromatic rings. The summed E-state index contributed by atoms with van der Waals surface area (Å²) >= 11 is 0. The van der Waals surface area contributed by atoms with Crippen LogP contribution in [0.5, 0.6) is 0 Å². The summed E-state index contributed by atoms with van der Waals surface area (Å²) < 4.78 is 0. The van der Waals surface area contributed by atoms with Crippen molar-refractivity contribution in [3.63, 3.8) is 0 Å². The number of carboxylic acids is 1. The second-order valence-corrected chi connectivity index (χ2v) is 2.49. The molecule has 0 fully saturated rings. The summed E-state index contributed by atoms with van der Waals surface area (Å²) in [6.07, 6.45) is 1.13. The molecule has 0 aliphatic carbocycles. The van der Waals surface area contributed by atoms with E-state index in [2.05, 4.69) is 5.73 Å². The Bertz CT molecular complexity index is 131. The highest BCUT2D eigenvalue weighted by atomic mass is 35.5. The smallest absolute Gasteiger partial charge is 0.367 e. The van der Waals surface area contributed by atoms with Gasteiger partial charge in [-0.15, -0.1) is 0 Å². The predicted molar refractivity (Wildman–Crippen MR) is 35.2 cm³/mol. The highest BCUT2D eigenvalue weighted by Gasteiger charge is 2.36. The number of halogens is 1. The summed E-state index contributed by atoms with van der Waals surface area (Å²) in [4.78, 5) is 10.4. The van der Waals surface area contributed by atoms with Crippen LogP contribution >= 0.6 is 0 Å². The SMILES string of the molecule is CCC[C@]([NH3+])(CO)C(=O)O.[Cl-]. The molecule has 0 aliphatic rings. The Balaban J connectivity index is 0. The monoisotopic (exact) mass is 183 g/mol. The quantitative estimate of drug-likeness (QED) is 0.414. The van der Waals surface area contributed by atoms with E-state index in [9.17, 15) is 4.79 Å². The summed E-state index contributed by atoms with van der Waals surface area (Å²) in [6, 6.07) is 0. The molecule has 5 heteroatoms. The van der Waals surface area contributed by atoms with Crippen LogP contribution in [0.3, 0.4) is 0 Å². The van der Waals surface area contributed by atoms with E-state index < -0.39 is 18.1 Å². The van der Waals surface area contributed by atoms with Crippen LogP contribution in [-0.2, 0) is 4.79 Å². The maximum Gasteiger partial charge on any atom is 0.367 e. The van der Waals surface area contributed by atoms with E-state index in [0.717, 1.165) is 6.42 Å². The van der Waals surface area contributed by atoms with Gasteiger partial charge in [-0.2, -0.15) is 0 Å². The minimum absolute atomic E-state index is 0. The highest BCUT2D eigenvalue weighted by Crippen LogP contribution is 2.05. The maximum absolute atomic E-state index is 10.4. The van der Waals surface area contributed by atoms with Gasteiger partial charge in [0.2, 0.25) is 5.54 Å². The number of hydrogen-bond donors (Lipinski definition) is 3. The van der Waals surface area contributed by atoms with Gasteiger partial charge in [0, 0.05) is 6.42 Å². The highest BCUT2D eigenvalue weighted by molar-refractivity contribution is 5.76. The third kappa shape index (κ3) is 3.55. The second kappa shape index (κ2) is 5.35. The molecule has 0 rings (SSSR count). The molecule has 1 atom stereocenters. The number of hydrogen-bond acceptors (Lipinski definition) is 2. The molecule has 0 aliphatic heterocycles. The molecule has 4 nitrogen and oxygen atoms in total. The predicted octanol–water partition coefficient (Wildman–Crippen LogP) is -4.15. The van der Waals surface area contributed by atoms with E-state index in [1.807, 2.05) is 6.92 Å². The van der Waals surface area contributed by atoms with Crippen molar-refractivity contribution in [2.45, 2.75) is 25.3 Å². The van der Waals surface area contributed by atoms with Crippen molar-refractivity contribution >= 4 is 5.97 Å². The van der Waals surface area contributed by atoms with Gasteiger partial charge in [-0.05, 0) is 6.42 Å². The molecule has 0 aromatic heterocycles. The normalized spacial score (nSPS) is 14.8. The Kier molecular flexibility index (Phi) is 6.46. The van der Waals surface area contributed by atoms with Gasteiger partial charge in [0.25, 0.3) is 0 Å². The number of carboxylic acid groups (broad SMARTS) is 1. The van der Waals surface area contributed by atoms with Gasteiger partial charge in [-0.3, -0.25) is 0 Å². The second-order valence-electron chi connectivity index (χ2n) is 2.49. The molecule has 0 aromatic carbocycles.